The van der Waals surface area contributed by atoms with E-state index >= 15 is 0 Å². The molecule has 1 aromatic carbocycles. The van der Waals surface area contributed by atoms with Gasteiger partial charge in [-0.25, -0.2) is 0 Å². The summed E-state index contributed by atoms with van der Waals surface area (Å²) in [6.45, 7) is 5.59. The summed E-state index contributed by atoms with van der Waals surface area (Å²) >= 11 is 6.08. The van der Waals surface area contributed by atoms with Crippen LogP contribution < -0.4 is 10.2 Å². The first-order valence-corrected chi connectivity index (χ1v) is 9.33. The van der Waals surface area contributed by atoms with Crippen molar-refractivity contribution in [3.8, 4) is 0 Å². The lowest BCUT2D eigenvalue weighted by atomic mass is 10.1. The molecular weight excluding hydrogens is 336 g/mol. The third-order valence-electron chi connectivity index (χ3n) is 5.19. The molecule has 1 atom stereocenters. The molecule has 1 N–H and O–H groups in total. The molecule has 4 rings (SSSR count). The number of hydrogen-bond acceptors (Lipinski definition) is 4. The van der Waals surface area contributed by atoms with Gasteiger partial charge in [0.15, 0.2) is 0 Å². The molecule has 25 heavy (non-hydrogen) atoms. The standard InChI is InChI=1S/C19H23ClN4O/c1-13(19(25)22-15-3-4-15)23-8-10-24(11-9-23)18-6-7-21-17-12-14(20)2-5-16(17)18/h2,5-7,12-13,15H,3-4,8-11H2,1H3,(H,22,25)/t13-/m1/s1. The van der Waals surface area contributed by atoms with E-state index in [1.165, 1.54) is 5.69 Å². The van der Waals surface area contributed by atoms with Crippen LogP contribution in [0.1, 0.15) is 19.8 Å². The maximum absolute atomic E-state index is 12.3. The average Bonchev–Trinajstić information content (AvgIpc) is 3.44. The molecule has 0 bridgehead atoms. The zero-order chi connectivity index (χ0) is 17.4. The third kappa shape index (κ3) is 3.58. The third-order valence-corrected chi connectivity index (χ3v) is 5.42. The Kier molecular flexibility index (Phi) is 4.52. The summed E-state index contributed by atoms with van der Waals surface area (Å²) in [5.41, 5.74) is 2.11. The van der Waals surface area contributed by atoms with Gasteiger partial charge in [0, 0.05) is 54.5 Å². The number of amides is 1. The van der Waals surface area contributed by atoms with E-state index in [9.17, 15) is 4.79 Å². The molecule has 1 amide bonds. The van der Waals surface area contributed by atoms with Crippen LogP contribution in [0.3, 0.4) is 0 Å². The number of halogens is 1. The first-order valence-electron chi connectivity index (χ1n) is 8.95. The van der Waals surface area contributed by atoms with Crippen molar-refractivity contribution < 1.29 is 4.79 Å². The van der Waals surface area contributed by atoms with E-state index in [-0.39, 0.29) is 11.9 Å². The molecule has 5 nitrogen and oxygen atoms in total. The summed E-state index contributed by atoms with van der Waals surface area (Å²) in [5.74, 6) is 0.167. The Morgan fingerprint density at radius 1 is 1.24 bits per heavy atom. The number of carbonyl (C=O) groups is 1. The number of benzene rings is 1. The summed E-state index contributed by atoms with van der Waals surface area (Å²) in [5, 5.41) is 4.94. The van der Waals surface area contributed by atoms with Crippen LogP contribution in [0.4, 0.5) is 5.69 Å². The molecule has 2 aromatic rings. The highest BCUT2D eigenvalue weighted by molar-refractivity contribution is 6.31. The molecule has 2 aliphatic rings. The molecular formula is C19H23ClN4O. The number of aromatic nitrogens is 1. The predicted octanol–water partition coefficient (Wildman–Crippen LogP) is 2.68. The van der Waals surface area contributed by atoms with Gasteiger partial charge in [-0.2, -0.15) is 0 Å². The average molecular weight is 359 g/mol. The molecule has 0 unspecified atom stereocenters. The Bertz CT molecular complexity index is 784. The number of rotatable bonds is 4. The second-order valence-corrected chi connectivity index (χ2v) is 7.41. The lowest BCUT2D eigenvalue weighted by Crippen LogP contribution is -2.54. The first kappa shape index (κ1) is 16.6. The maximum Gasteiger partial charge on any atom is 0.237 e. The topological polar surface area (TPSA) is 48.5 Å². The minimum absolute atomic E-state index is 0.0595. The van der Waals surface area contributed by atoms with Gasteiger partial charge >= 0.3 is 0 Å². The van der Waals surface area contributed by atoms with E-state index in [0.717, 1.165) is 49.9 Å². The molecule has 1 aliphatic heterocycles. The van der Waals surface area contributed by atoms with Gasteiger partial charge in [-0.05, 0) is 44.0 Å². The number of hydrogen-bond donors (Lipinski definition) is 1. The predicted molar refractivity (Wildman–Crippen MR) is 101 cm³/mol. The fraction of sp³-hybridized carbons (Fsp3) is 0.474. The zero-order valence-corrected chi connectivity index (χ0v) is 15.2. The molecule has 6 heteroatoms. The number of anilines is 1. The van der Waals surface area contributed by atoms with Crippen LogP contribution in [-0.4, -0.2) is 54.1 Å². The minimum atomic E-state index is -0.0595. The van der Waals surface area contributed by atoms with Gasteiger partial charge in [0.05, 0.1) is 11.6 Å². The summed E-state index contributed by atoms with van der Waals surface area (Å²) in [7, 11) is 0. The van der Waals surface area contributed by atoms with Crippen molar-refractivity contribution in [2.75, 3.05) is 31.1 Å². The highest BCUT2D eigenvalue weighted by Gasteiger charge is 2.30. The van der Waals surface area contributed by atoms with Crippen molar-refractivity contribution in [3.63, 3.8) is 0 Å². The number of nitrogens with one attached hydrogen (secondary N) is 1. The maximum atomic E-state index is 12.3. The van der Waals surface area contributed by atoms with E-state index in [0.29, 0.717) is 11.1 Å². The van der Waals surface area contributed by atoms with Crippen molar-refractivity contribution in [1.82, 2.24) is 15.2 Å². The number of pyridine rings is 1. The van der Waals surface area contributed by atoms with E-state index in [1.807, 2.05) is 31.3 Å². The van der Waals surface area contributed by atoms with E-state index in [4.69, 9.17) is 11.6 Å². The second-order valence-electron chi connectivity index (χ2n) is 6.97. The monoisotopic (exact) mass is 358 g/mol. The molecule has 2 fully saturated rings. The Balaban J connectivity index is 1.44. The summed E-state index contributed by atoms with van der Waals surface area (Å²) in [6, 6.07) is 8.28. The van der Waals surface area contributed by atoms with E-state index in [2.05, 4.69) is 26.2 Å². The normalized spacial score (nSPS) is 19.8. The van der Waals surface area contributed by atoms with Crippen LogP contribution in [0.5, 0.6) is 0 Å². The lowest BCUT2D eigenvalue weighted by molar-refractivity contribution is -0.126. The highest BCUT2D eigenvalue weighted by atomic mass is 35.5. The van der Waals surface area contributed by atoms with Gasteiger partial charge in [-0.3, -0.25) is 14.7 Å². The van der Waals surface area contributed by atoms with Crippen molar-refractivity contribution >= 4 is 34.1 Å². The highest BCUT2D eigenvalue weighted by Crippen LogP contribution is 2.28. The molecule has 1 aliphatic carbocycles. The quantitative estimate of drug-likeness (QED) is 0.912. The van der Waals surface area contributed by atoms with Crippen LogP contribution in [-0.2, 0) is 4.79 Å². The van der Waals surface area contributed by atoms with Gasteiger partial charge < -0.3 is 10.2 Å². The Morgan fingerprint density at radius 3 is 2.72 bits per heavy atom. The molecule has 0 spiro atoms. The molecule has 1 saturated carbocycles. The van der Waals surface area contributed by atoms with Crippen LogP contribution in [0, 0.1) is 0 Å². The molecule has 1 aromatic heterocycles. The van der Waals surface area contributed by atoms with Crippen LogP contribution in [0.25, 0.3) is 10.9 Å². The smallest absolute Gasteiger partial charge is 0.237 e. The number of fused-ring (bicyclic) bond motifs is 1. The van der Waals surface area contributed by atoms with Gasteiger partial charge in [-0.15, -0.1) is 0 Å². The molecule has 1 saturated heterocycles. The Labute approximate surface area is 153 Å². The molecule has 132 valence electrons. The Hall–Kier alpha value is -1.85. The van der Waals surface area contributed by atoms with Gasteiger partial charge in [0.1, 0.15) is 0 Å². The van der Waals surface area contributed by atoms with E-state index < -0.39 is 0 Å². The number of carbonyl (C=O) groups excluding carboxylic acids is 1. The van der Waals surface area contributed by atoms with Crippen molar-refractivity contribution in [3.05, 3.63) is 35.5 Å². The molecule has 0 radical (unpaired) electrons. The lowest BCUT2D eigenvalue weighted by Gasteiger charge is -2.38. The van der Waals surface area contributed by atoms with Crippen molar-refractivity contribution in [2.24, 2.45) is 0 Å². The second kappa shape index (κ2) is 6.81. The SMILES string of the molecule is C[C@H](C(=O)NC1CC1)N1CCN(c2ccnc3cc(Cl)ccc23)CC1. The zero-order valence-electron chi connectivity index (χ0n) is 14.4. The Morgan fingerprint density at radius 2 is 2.00 bits per heavy atom. The van der Waals surface area contributed by atoms with Crippen LogP contribution in [0.2, 0.25) is 5.02 Å². The number of piperazine rings is 1. The van der Waals surface area contributed by atoms with E-state index in [1.54, 1.807) is 0 Å². The summed E-state index contributed by atoms with van der Waals surface area (Å²) in [4.78, 5) is 21.3. The minimum Gasteiger partial charge on any atom is -0.368 e. The summed E-state index contributed by atoms with van der Waals surface area (Å²) < 4.78 is 0. The van der Waals surface area contributed by atoms with Crippen LogP contribution in [0.15, 0.2) is 30.5 Å². The van der Waals surface area contributed by atoms with Gasteiger partial charge in [0.25, 0.3) is 0 Å². The van der Waals surface area contributed by atoms with Gasteiger partial charge in [0.2, 0.25) is 5.91 Å². The first-order chi connectivity index (χ1) is 12.1. The van der Waals surface area contributed by atoms with Gasteiger partial charge in [-0.1, -0.05) is 11.6 Å². The summed E-state index contributed by atoms with van der Waals surface area (Å²) in [6.07, 6.45) is 4.10. The number of nitrogens with zero attached hydrogens (tertiary/aromatic N) is 3. The largest absolute Gasteiger partial charge is 0.368 e. The van der Waals surface area contributed by atoms with Crippen molar-refractivity contribution in [1.29, 1.82) is 0 Å². The van der Waals surface area contributed by atoms with Crippen molar-refractivity contribution in [2.45, 2.75) is 31.8 Å². The molecule has 2 heterocycles. The fourth-order valence-corrected chi connectivity index (χ4v) is 3.61. The fourth-order valence-electron chi connectivity index (χ4n) is 3.45. The van der Waals surface area contributed by atoms with Crippen LogP contribution >= 0.6 is 11.6 Å².